The molecule has 6 aromatic heterocycles. The first-order chi connectivity index (χ1) is 70.5. The SMILES string of the molecule is COc1ccc(C#Cc2cc(CN3CCN(Cc4cc(C#Cc5ccc(C)cc5)cc(P(C)(=O)O)n4)CCN(Cc4cc(C#Cc5ccc(OCCCN)cc5)cc(P(C)(=O)O)n4)CC3)nc(P(C)(=O)O)c2)cc1.COc1ccc(C#Cc2cc(CN3CCN(Cc4cc(C#Cc5ccc(C)cc5)cc(P(C)(=O)O)n4)CCN(Cc4cc(C#Cc5ccc(OCCCN)cc5)cc(P(C)(=O)O)n4)CC3)nc(P(C)(=O)O)c2)cc1.[Eu+3]. The molecule has 0 bridgehead atoms. The van der Waals surface area contributed by atoms with Gasteiger partial charge in [-0.05, 0) is 234 Å². The number of pyridine rings is 6. The van der Waals surface area contributed by atoms with Gasteiger partial charge in [0, 0.05) is 225 Å². The molecule has 0 aliphatic carbocycles. The van der Waals surface area contributed by atoms with E-state index in [4.69, 9.17) is 60.3 Å². The maximum Gasteiger partial charge on any atom is 3.00 e. The molecule has 6 atom stereocenters. The van der Waals surface area contributed by atoms with Crippen molar-refractivity contribution in [2.24, 2.45) is 11.5 Å². The third-order valence-electron chi connectivity index (χ3n) is 23.8. The van der Waals surface area contributed by atoms with Crippen LogP contribution in [-0.4, -0.2) is 248 Å². The monoisotopic (exact) mass is 2260 g/mol. The Labute approximate surface area is 914 Å². The van der Waals surface area contributed by atoms with E-state index in [1.807, 2.05) is 196 Å². The molecule has 2 saturated heterocycles. The molecule has 12 aromatic rings. The quantitative estimate of drug-likeness (QED) is 0.0128. The molecule has 0 amide bonds. The fraction of sp³-hybridized carbons (Fsp3) is 0.304. The molecule has 2 aliphatic rings. The zero-order valence-corrected chi connectivity index (χ0v) is 92.9. The third-order valence-corrected chi connectivity index (χ3v) is 30.3. The average Bonchev–Trinajstić information content (AvgIpc) is 1.26. The Bertz CT molecular complexity index is 6980. The molecule has 772 valence electrons. The summed E-state index contributed by atoms with van der Waals surface area (Å²) in [6.45, 7) is 22.3. The van der Waals surface area contributed by atoms with Gasteiger partial charge >= 0.3 is 49.4 Å². The molecule has 6 aromatic carbocycles. The van der Waals surface area contributed by atoms with E-state index >= 15 is 0 Å². The smallest absolute Gasteiger partial charge is 0.497 e. The van der Waals surface area contributed by atoms with Crippen molar-refractivity contribution in [2.75, 3.05) is 159 Å². The molecule has 30 nitrogen and oxygen atoms in total. The summed E-state index contributed by atoms with van der Waals surface area (Å²) < 4.78 is 101. The number of ether oxygens (including phenoxy) is 4. The average molecular weight is 2260 g/mol. The first-order valence-electron chi connectivity index (χ1n) is 48.2. The molecule has 149 heavy (non-hydrogen) atoms. The molecular formula is C112H124EuN14O16P6+3. The number of rotatable bonds is 28. The molecule has 2 fully saturated rings. The zero-order valence-electron chi connectivity index (χ0n) is 85.1. The molecule has 6 unspecified atom stereocenters. The second kappa shape index (κ2) is 54.9. The fourth-order valence-electron chi connectivity index (χ4n) is 15.6. The second-order valence-electron chi connectivity index (χ2n) is 36.9. The van der Waals surface area contributed by atoms with E-state index in [2.05, 4.69) is 100 Å². The van der Waals surface area contributed by atoms with E-state index in [0.29, 0.717) is 235 Å². The zero-order chi connectivity index (χ0) is 106. The molecule has 37 heteroatoms. The van der Waals surface area contributed by atoms with Crippen LogP contribution in [0.3, 0.4) is 0 Å². The van der Waals surface area contributed by atoms with Crippen LogP contribution in [0.2, 0.25) is 0 Å². The summed E-state index contributed by atoms with van der Waals surface area (Å²) in [4.78, 5) is 106. The van der Waals surface area contributed by atoms with Crippen molar-refractivity contribution in [3.05, 3.63) is 330 Å². The van der Waals surface area contributed by atoms with E-state index in [0.717, 1.165) is 57.3 Å². The van der Waals surface area contributed by atoms with Crippen molar-refractivity contribution in [3.63, 3.8) is 0 Å². The van der Waals surface area contributed by atoms with Crippen molar-refractivity contribution in [1.29, 1.82) is 0 Å². The Kier molecular flexibility index (Phi) is 43.1. The Morgan fingerprint density at radius 1 is 0.255 bits per heavy atom. The number of aryl methyl sites for hydroxylation is 2. The number of methoxy groups -OCH3 is 2. The summed E-state index contributed by atoms with van der Waals surface area (Å²) in [5, 5.41) is 0. The number of aromatic nitrogens is 6. The van der Waals surface area contributed by atoms with Crippen LogP contribution in [0.15, 0.2) is 218 Å². The molecule has 2 aliphatic heterocycles. The van der Waals surface area contributed by atoms with E-state index in [-0.39, 0.29) is 82.0 Å². The van der Waals surface area contributed by atoms with Gasteiger partial charge in [0.1, 0.15) is 55.6 Å². The minimum absolute atomic E-state index is 0. The predicted octanol–water partition coefficient (Wildman–Crippen LogP) is 11.0. The van der Waals surface area contributed by atoms with Crippen molar-refractivity contribution >= 4 is 76.8 Å². The Morgan fingerprint density at radius 2 is 0.409 bits per heavy atom. The maximum absolute atomic E-state index is 13.2. The van der Waals surface area contributed by atoms with Crippen LogP contribution < -0.4 is 63.0 Å². The summed E-state index contributed by atoms with van der Waals surface area (Å²) in [5.74, 6) is 40.9. The largest absolute Gasteiger partial charge is 3.00 e. The molecular weight excluding hydrogens is 2140 g/mol. The van der Waals surface area contributed by atoms with Crippen molar-refractivity contribution < 1.29 is 125 Å². The number of hydrogen-bond donors (Lipinski definition) is 8. The summed E-state index contributed by atoms with van der Waals surface area (Å²) in [5.41, 5.74) is 25.0. The Morgan fingerprint density at radius 3 is 0.564 bits per heavy atom. The van der Waals surface area contributed by atoms with Gasteiger partial charge in [0.25, 0.3) is 0 Å². The van der Waals surface area contributed by atoms with Crippen LogP contribution in [0.25, 0.3) is 0 Å². The summed E-state index contributed by atoms with van der Waals surface area (Å²) in [6, 6.07) is 65.5. The van der Waals surface area contributed by atoms with Crippen LogP contribution in [0.5, 0.6) is 23.0 Å². The van der Waals surface area contributed by atoms with E-state index in [9.17, 15) is 56.8 Å². The van der Waals surface area contributed by atoms with Crippen LogP contribution in [0.1, 0.15) is 125 Å². The Hall–Kier alpha value is -10.8. The Balaban J connectivity index is 0.000000263. The first-order valence-corrected chi connectivity index (χ1v) is 60.8. The third kappa shape index (κ3) is 38.5. The van der Waals surface area contributed by atoms with Crippen molar-refractivity contribution in [3.8, 4) is 94.0 Å². The van der Waals surface area contributed by atoms with Crippen molar-refractivity contribution in [2.45, 2.75) is 66.0 Å². The first kappa shape index (κ1) is 117. The van der Waals surface area contributed by atoms with Crippen LogP contribution in [0.4, 0.5) is 0 Å². The van der Waals surface area contributed by atoms with Gasteiger partial charge in [-0.3, -0.25) is 56.8 Å². The van der Waals surface area contributed by atoms with Gasteiger partial charge in [-0.2, -0.15) is 0 Å². The molecule has 8 heterocycles. The summed E-state index contributed by atoms with van der Waals surface area (Å²) in [7, 11) is -19.6. The van der Waals surface area contributed by atoms with E-state index < -0.39 is 44.2 Å². The maximum atomic E-state index is 13.2. The molecule has 10 N–H and O–H groups in total. The van der Waals surface area contributed by atoms with Gasteiger partial charge in [0.05, 0.1) is 61.6 Å². The summed E-state index contributed by atoms with van der Waals surface area (Å²) in [6.07, 6.45) is 1.49. The van der Waals surface area contributed by atoms with Crippen LogP contribution >= 0.6 is 44.2 Å². The minimum Gasteiger partial charge on any atom is -0.497 e. The number of nitrogens with zero attached hydrogens (tertiary/aromatic N) is 12. The van der Waals surface area contributed by atoms with Gasteiger partial charge in [-0.15, -0.1) is 0 Å². The van der Waals surface area contributed by atoms with E-state index in [1.54, 1.807) is 50.6 Å². The summed E-state index contributed by atoms with van der Waals surface area (Å²) >= 11 is 0. The van der Waals surface area contributed by atoms with Gasteiger partial charge in [-0.1, -0.05) is 106 Å². The second-order valence-corrected chi connectivity index (χ2v) is 50.2. The van der Waals surface area contributed by atoms with Crippen molar-refractivity contribution in [1.82, 2.24) is 59.3 Å². The van der Waals surface area contributed by atoms with Gasteiger partial charge in [0.15, 0.2) is 0 Å². The van der Waals surface area contributed by atoms with E-state index in [1.165, 1.54) is 40.0 Å². The molecule has 0 spiro atoms. The normalized spacial score (nSPS) is 15.8. The minimum atomic E-state index is -3.81. The molecule has 0 saturated carbocycles. The van der Waals surface area contributed by atoms with Gasteiger partial charge in [-0.25, -0.2) is 29.9 Å². The van der Waals surface area contributed by atoms with Gasteiger partial charge < -0.3 is 59.8 Å². The van der Waals surface area contributed by atoms with Crippen LogP contribution in [0, 0.1) is 134 Å². The molecule has 14 rings (SSSR count). The number of benzene rings is 6. The number of hydrogen-bond acceptors (Lipinski definition) is 24. The predicted molar refractivity (Wildman–Crippen MR) is 585 cm³/mol. The standard InChI is InChI=1S/2C56H62N7O8P3.Eu/c2*1-42-7-9-43(10-8-42)11-14-46-33-49(58-54(36-46)72(3,64)65)39-61-26-28-62(40-50-34-47(37-55(59-50)73(4,66)67)15-12-44-17-21-52(70-2)22-18-44)30-31-63(29-27-61)41-51-35-48(38-56(60-51)74(5,68)69)16-13-45-19-23-53(24-20-45)71-32-6-25-57;/h2*7-10,17-24,33-38H,6,25-32,39-41,57H2,1-5H3,(H,64,65)(H,66,67)(H,68,69);/q;;+3. The topological polar surface area (TPSA) is 410 Å². The number of nitrogens with two attached hydrogens (primary N) is 2. The fourth-order valence-corrected chi connectivity index (χ4v) is 19.8. The molecule has 0 radical (unpaired) electrons. The van der Waals surface area contributed by atoms with Gasteiger partial charge in [0.2, 0.25) is 44.2 Å². The van der Waals surface area contributed by atoms with Crippen LogP contribution in [-0.2, 0) is 66.7 Å².